The van der Waals surface area contributed by atoms with Crippen LogP contribution in [0.15, 0.2) is 55.0 Å². The molecule has 0 saturated heterocycles. The number of aromatic nitrogens is 4. The van der Waals surface area contributed by atoms with Gasteiger partial charge in [-0.15, -0.1) is 10.2 Å². The van der Waals surface area contributed by atoms with Gasteiger partial charge in [-0.25, -0.2) is 4.79 Å². The molecule has 0 bridgehead atoms. The number of hydrogen-bond donors (Lipinski definition) is 1. The zero-order valence-corrected chi connectivity index (χ0v) is 17.6. The van der Waals surface area contributed by atoms with Gasteiger partial charge in [0.1, 0.15) is 18.2 Å². The summed E-state index contributed by atoms with van der Waals surface area (Å²) in [6.45, 7) is 3.74. The molecule has 4 aromatic rings. The Balaban J connectivity index is 1.49. The molecule has 3 aromatic heterocycles. The van der Waals surface area contributed by atoms with Crippen LogP contribution >= 0.6 is 0 Å². The number of pyridine rings is 1. The molecule has 0 spiro atoms. The largest absolute Gasteiger partial charge is 0.452 e. The van der Waals surface area contributed by atoms with Crippen LogP contribution in [0.4, 0.5) is 5.82 Å². The summed E-state index contributed by atoms with van der Waals surface area (Å²) in [4.78, 5) is 24.9. The second-order valence-corrected chi connectivity index (χ2v) is 7.26. The number of ether oxygens (including phenoxy) is 1. The van der Waals surface area contributed by atoms with Crippen LogP contribution in [0.3, 0.4) is 0 Å². The van der Waals surface area contributed by atoms with Gasteiger partial charge in [0.05, 0.1) is 11.1 Å². The third-order valence-electron chi connectivity index (χ3n) is 5.24. The van der Waals surface area contributed by atoms with Crippen molar-refractivity contribution < 1.29 is 14.3 Å². The summed E-state index contributed by atoms with van der Waals surface area (Å²) in [5.74, 6) is -0.798. The van der Waals surface area contributed by atoms with Gasteiger partial charge in [0.15, 0.2) is 12.3 Å². The summed E-state index contributed by atoms with van der Waals surface area (Å²) in [5, 5.41) is 20.0. The number of esters is 1. The molecule has 9 heteroatoms. The van der Waals surface area contributed by atoms with E-state index in [1.54, 1.807) is 16.5 Å². The lowest BCUT2D eigenvalue weighted by atomic mass is 10.2. The van der Waals surface area contributed by atoms with Crippen LogP contribution in [0.25, 0.3) is 5.65 Å². The Morgan fingerprint density at radius 3 is 2.69 bits per heavy atom. The van der Waals surface area contributed by atoms with Crippen LogP contribution in [-0.4, -0.2) is 37.6 Å². The van der Waals surface area contributed by atoms with E-state index in [1.807, 2.05) is 48.7 Å². The fourth-order valence-electron chi connectivity index (χ4n) is 3.42. The molecule has 1 amide bonds. The average molecular weight is 428 g/mol. The molecular weight excluding hydrogens is 408 g/mol. The Hall–Kier alpha value is -4.45. The minimum Gasteiger partial charge on any atom is -0.452 e. The number of carbonyl (C=O) groups is 2. The Bertz CT molecular complexity index is 1350. The van der Waals surface area contributed by atoms with E-state index in [2.05, 4.69) is 21.6 Å². The van der Waals surface area contributed by atoms with Crippen LogP contribution < -0.4 is 5.32 Å². The van der Waals surface area contributed by atoms with Gasteiger partial charge >= 0.3 is 5.97 Å². The van der Waals surface area contributed by atoms with Crippen molar-refractivity contribution in [3.63, 3.8) is 0 Å². The molecule has 0 fully saturated rings. The predicted octanol–water partition coefficient (Wildman–Crippen LogP) is 2.86. The Kier molecular flexibility index (Phi) is 5.68. The van der Waals surface area contributed by atoms with E-state index in [9.17, 15) is 14.9 Å². The van der Waals surface area contributed by atoms with Gasteiger partial charge in [0, 0.05) is 18.4 Å². The highest BCUT2D eigenvalue weighted by atomic mass is 16.5. The first-order valence-corrected chi connectivity index (χ1v) is 9.88. The molecule has 0 aliphatic heterocycles. The number of nitrogens with one attached hydrogen (secondary N) is 1. The summed E-state index contributed by atoms with van der Waals surface area (Å²) >= 11 is 0. The molecule has 32 heavy (non-hydrogen) atoms. The highest BCUT2D eigenvalue weighted by molar-refractivity contribution is 5.96. The maximum atomic E-state index is 12.6. The quantitative estimate of drug-likeness (QED) is 0.472. The zero-order chi connectivity index (χ0) is 22.7. The smallest absolute Gasteiger partial charge is 0.340 e. The first-order valence-electron chi connectivity index (χ1n) is 9.88. The summed E-state index contributed by atoms with van der Waals surface area (Å²) in [6.07, 6.45) is 2.99. The number of amides is 1. The van der Waals surface area contributed by atoms with E-state index in [1.165, 1.54) is 12.5 Å². The van der Waals surface area contributed by atoms with Crippen LogP contribution in [0.1, 0.15) is 32.7 Å². The van der Waals surface area contributed by atoms with Crippen molar-refractivity contribution in [1.29, 1.82) is 5.26 Å². The minimum atomic E-state index is -0.650. The first-order chi connectivity index (χ1) is 15.5. The SMILES string of the molecule is Cc1c(C#N)c(NC(=O)COC(=O)c2ccc3nncn3c2)n(Cc2ccccc2)c1C. The van der Waals surface area contributed by atoms with Gasteiger partial charge < -0.3 is 14.6 Å². The fraction of sp³-hybridized carbons (Fsp3) is 0.174. The highest BCUT2D eigenvalue weighted by Gasteiger charge is 2.20. The third-order valence-corrected chi connectivity index (χ3v) is 5.24. The molecule has 4 rings (SSSR count). The van der Waals surface area contributed by atoms with Crippen molar-refractivity contribution in [2.75, 3.05) is 11.9 Å². The summed E-state index contributed by atoms with van der Waals surface area (Å²) in [6, 6.07) is 15.1. The van der Waals surface area contributed by atoms with Crippen LogP contribution in [-0.2, 0) is 16.1 Å². The normalized spacial score (nSPS) is 10.7. The van der Waals surface area contributed by atoms with E-state index in [-0.39, 0.29) is 5.56 Å². The van der Waals surface area contributed by atoms with Crippen LogP contribution in [0, 0.1) is 25.2 Å². The molecule has 1 aromatic carbocycles. The first kappa shape index (κ1) is 20.8. The molecule has 0 atom stereocenters. The molecule has 0 unspecified atom stereocenters. The molecule has 9 nitrogen and oxygen atoms in total. The lowest BCUT2D eigenvalue weighted by Crippen LogP contribution is -2.23. The van der Waals surface area contributed by atoms with E-state index in [4.69, 9.17) is 4.74 Å². The Labute approximate surface area is 183 Å². The number of nitrogens with zero attached hydrogens (tertiary/aromatic N) is 5. The van der Waals surface area contributed by atoms with Gasteiger partial charge in [0.25, 0.3) is 5.91 Å². The second kappa shape index (κ2) is 8.73. The number of rotatable bonds is 6. The van der Waals surface area contributed by atoms with Crippen molar-refractivity contribution >= 4 is 23.3 Å². The fourth-order valence-corrected chi connectivity index (χ4v) is 3.42. The number of hydrogen-bond acceptors (Lipinski definition) is 6. The van der Waals surface area contributed by atoms with Gasteiger partial charge in [-0.05, 0) is 37.1 Å². The van der Waals surface area contributed by atoms with Crippen LogP contribution in [0.2, 0.25) is 0 Å². The van der Waals surface area contributed by atoms with E-state index < -0.39 is 18.5 Å². The maximum absolute atomic E-state index is 12.6. The molecule has 3 heterocycles. The monoisotopic (exact) mass is 428 g/mol. The molecule has 0 saturated carbocycles. The highest BCUT2D eigenvalue weighted by Crippen LogP contribution is 2.27. The number of nitriles is 1. The van der Waals surface area contributed by atoms with Gasteiger partial charge in [0.2, 0.25) is 0 Å². The summed E-state index contributed by atoms with van der Waals surface area (Å²) in [7, 11) is 0. The lowest BCUT2D eigenvalue weighted by Gasteiger charge is -2.13. The van der Waals surface area contributed by atoms with Crippen LogP contribution in [0.5, 0.6) is 0 Å². The van der Waals surface area contributed by atoms with Crippen molar-refractivity contribution in [3.05, 3.63) is 82.9 Å². The zero-order valence-electron chi connectivity index (χ0n) is 17.6. The molecular formula is C23H20N6O3. The number of fused-ring (bicyclic) bond motifs is 1. The molecule has 0 aliphatic rings. The van der Waals surface area contributed by atoms with E-state index >= 15 is 0 Å². The van der Waals surface area contributed by atoms with Crippen molar-refractivity contribution in [1.82, 2.24) is 19.2 Å². The number of anilines is 1. The number of carbonyl (C=O) groups excluding carboxylic acids is 2. The van der Waals surface area contributed by atoms with E-state index in [0.29, 0.717) is 23.6 Å². The third kappa shape index (κ3) is 4.06. The van der Waals surface area contributed by atoms with Crippen molar-refractivity contribution in [2.45, 2.75) is 20.4 Å². The second-order valence-electron chi connectivity index (χ2n) is 7.26. The van der Waals surface area contributed by atoms with Gasteiger partial charge in [-0.1, -0.05) is 30.3 Å². The standard InChI is InChI=1S/C23H20N6O3/c1-15-16(2)29(11-17-6-4-3-5-7-17)22(19(15)10-24)26-21(30)13-32-23(31)18-8-9-20-27-25-14-28(20)12-18/h3-9,12,14H,11,13H2,1-2H3,(H,26,30). The molecule has 0 aliphatic carbocycles. The van der Waals surface area contributed by atoms with Crippen molar-refractivity contribution in [3.8, 4) is 6.07 Å². The topological polar surface area (TPSA) is 114 Å². The Morgan fingerprint density at radius 2 is 1.94 bits per heavy atom. The maximum Gasteiger partial charge on any atom is 0.340 e. The summed E-state index contributed by atoms with van der Waals surface area (Å²) in [5.41, 5.74) is 3.94. The van der Waals surface area contributed by atoms with Gasteiger partial charge in [-0.3, -0.25) is 9.20 Å². The summed E-state index contributed by atoms with van der Waals surface area (Å²) < 4.78 is 8.62. The van der Waals surface area contributed by atoms with Gasteiger partial charge in [-0.2, -0.15) is 5.26 Å². The predicted molar refractivity (Wildman–Crippen MR) is 116 cm³/mol. The Morgan fingerprint density at radius 1 is 1.16 bits per heavy atom. The molecule has 0 radical (unpaired) electrons. The lowest BCUT2D eigenvalue weighted by molar-refractivity contribution is -0.119. The number of benzene rings is 1. The molecule has 1 N–H and O–H groups in total. The minimum absolute atomic E-state index is 0.266. The average Bonchev–Trinajstić information content (AvgIpc) is 3.36. The van der Waals surface area contributed by atoms with Crippen molar-refractivity contribution in [2.24, 2.45) is 0 Å². The molecule has 160 valence electrons. The van der Waals surface area contributed by atoms with E-state index in [0.717, 1.165) is 16.8 Å².